The molecule has 3 heterocycles. The zero-order chi connectivity index (χ0) is 20.9. The van der Waals surface area contributed by atoms with Crippen LogP contribution in [0.25, 0.3) is 0 Å². The smallest absolute Gasteiger partial charge is 0.274 e. The van der Waals surface area contributed by atoms with Gasteiger partial charge in [0.05, 0.1) is 29.8 Å². The van der Waals surface area contributed by atoms with Crippen LogP contribution >= 0.6 is 11.6 Å². The molecule has 2 fully saturated rings. The molecule has 3 atom stereocenters. The highest BCUT2D eigenvalue weighted by Gasteiger charge is 2.47. The SMILES string of the molecule is C[C@H]1CO[C@@H]2CN3C=C(C(=O)NCc4ccc(F)cc4F)C(O)C(Cl)=C3C(=O)N12. The Bertz CT molecular complexity index is 951. The fourth-order valence-corrected chi connectivity index (χ4v) is 3.96. The molecule has 1 aromatic rings. The number of ether oxygens (including phenoxy) is 1. The van der Waals surface area contributed by atoms with Gasteiger partial charge in [0.1, 0.15) is 23.4 Å². The van der Waals surface area contributed by atoms with Crippen LogP contribution in [0.1, 0.15) is 12.5 Å². The van der Waals surface area contributed by atoms with Gasteiger partial charge in [0.15, 0.2) is 6.23 Å². The molecule has 1 aromatic carbocycles. The number of carbonyl (C=O) groups excluding carboxylic acids is 2. The van der Waals surface area contributed by atoms with E-state index in [2.05, 4.69) is 5.32 Å². The summed E-state index contributed by atoms with van der Waals surface area (Å²) < 4.78 is 32.4. The predicted molar refractivity (Wildman–Crippen MR) is 97.9 cm³/mol. The summed E-state index contributed by atoms with van der Waals surface area (Å²) >= 11 is 6.25. The van der Waals surface area contributed by atoms with Crippen LogP contribution in [0.15, 0.2) is 40.7 Å². The second-order valence-electron chi connectivity index (χ2n) is 7.10. The summed E-state index contributed by atoms with van der Waals surface area (Å²) in [6, 6.07) is 2.90. The molecule has 2 amide bonds. The first-order valence-corrected chi connectivity index (χ1v) is 9.38. The predicted octanol–water partition coefficient (Wildman–Crippen LogP) is 1.18. The second-order valence-corrected chi connectivity index (χ2v) is 7.51. The lowest BCUT2D eigenvalue weighted by atomic mass is 10.0. The lowest BCUT2D eigenvalue weighted by molar-refractivity contribution is -0.140. The number of rotatable bonds is 3. The Labute approximate surface area is 170 Å². The van der Waals surface area contributed by atoms with E-state index in [-0.39, 0.29) is 46.9 Å². The Morgan fingerprint density at radius 2 is 2.17 bits per heavy atom. The average molecular weight is 426 g/mol. The molecule has 0 radical (unpaired) electrons. The topological polar surface area (TPSA) is 82.1 Å². The van der Waals surface area contributed by atoms with Crippen molar-refractivity contribution < 1.29 is 28.2 Å². The highest BCUT2D eigenvalue weighted by molar-refractivity contribution is 6.33. The van der Waals surface area contributed by atoms with Crippen LogP contribution in [-0.4, -0.2) is 58.2 Å². The summed E-state index contributed by atoms with van der Waals surface area (Å²) in [4.78, 5) is 28.4. The van der Waals surface area contributed by atoms with Gasteiger partial charge in [-0.25, -0.2) is 8.78 Å². The number of piperazine rings is 1. The molecule has 0 aliphatic carbocycles. The number of hydrogen-bond donors (Lipinski definition) is 2. The van der Waals surface area contributed by atoms with Gasteiger partial charge in [-0.15, -0.1) is 0 Å². The molecule has 154 valence electrons. The van der Waals surface area contributed by atoms with Crippen LogP contribution in [0.5, 0.6) is 0 Å². The molecule has 0 bridgehead atoms. The van der Waals surface area contributed by atoms with Crippen molar-refractivity contribution in [1.29, 1.82) is 0 Å². The highest BCUT2D eigenvalue weighted by Crippen LogP contribution is 2.36. The van der Waals surface area contributed by atoms with Gasteiger partial charge in [-0.2, -0.15) is 0 Å². The van der Waals surface area contributed by atoms with Crippen molar-refractivity contribution in [3.8, 4) is 0 Å². The molecule has 10 heteroatoms. The zero-order valence-corrected chi connectivity index (χ0v) is 16.1. The molecule has 0 aromatic heterocycles. The molecule has 3 aliphatic heterocycles. The molecule has 2 saturated heterocycles. The Balaban J connectivity index is 1.53. The minimum absolute atomic E-state index is 0.0881. The Morgan fingerprint density at radius 1 is 1.41 bits per heavy atom. The summed E-state index contributed by atoms with van der Waals surface area (Å²) in [6.45, 7) is 2.29. The number of amides is 2. The quantitative estimate of drug-likeness (QED) is 0.760. The number of hydrogen-bond acceptors (Lipinski definition) is 5. The Kier molecular flexibility index (Phi) is 5.05. The minimum Gasteiger partial charge on any atom is -0.382 e. The van der Waals surface area contributed by atoms with Crippen molar-refractivity contribution >= 4 is 23.4 Å². The fraction of sp³-hybridized carbons (Fsp3) is 0.368. The average Bonchev–Trinajstić information content (AvgIpc) is 3.04. The van der Waals surface area contributed by atoms with Gasteiger partial charge in [0.25, 0.3) is 11.8 Å². The number of nitrogens with one attached hydrogen (secondary N) is 1. The maximum Gasteiger partial charge on any atom is 0.274 e. The lowest BCUT2D eigenvalue weighted by Gasteiger charge is -2.41. The van der Waals surface area contributed by atoms with Crippen LogP contribution in [-0.2, 0) is 20.9 Å². The van der Waals surface area contributed by atoms with Crippen molar-refractivity contribution in [3.05, 3.63) is 57.9 Å². The van der Waals surface area contributed by atoms with Gasteiger partial charge >= 0.3 is 0 Å². The molecule has 7 nitrogen and oxygen atoms in total. The maximum absolute atomic E-state index is 13.8. The van der Waals surface area contributed by atoms with Crippen LogP contribution in [0.4, 0.5) is 8.78 Å². The van der Waals surface area contributed by atoms with Crippen LogP contribution in [0.3, 0.4) is 0 Å². The van der Waals surface area contributed by atoms with Gasteiger partial charge < -0.3 is 25.0 Å². The molecule has 4 rings (SSSR count). The summed E-state index contributed by atoms with van der Waals surface area (Å²) in [5.41, 5.74) is 0.104. The minimum atomic E-state index is -1.50. The second kappa shape index (κ2) is 7.40. The van der Waals surface area contributed by atoms with E-state index >= 15 is 0 Å². The van der Waals surface area contributed by atoms with E-state index in [4.69, 9.17) is 16.3 Å². The van der Waals surface area contributed by atoms with Crippen LogP contribution in [0, 0.1) is 11.6 Å². The van der Waals surface area contributed by atoms with E-state index in [1.54, 1.807) is 4.90 Å². The summed E-state index contributed by atoms with van der Waals surface area (Å²) in [5, 5.41) is 12.8. The number of benzene rings is 1. The first-order valence-electron chi connectivity index (χ1n) is 9.00. The van der Waals surface area contributed by atoms with Crippen LogP contribution < -0.4 is 5.32 Å². The van der Waals surface area contributed by atoms with Gasteiger partial charge in [0.2, 0.25) is 0 Å². The third-order valence-electron chi connectivity index (χ3n) is 5.16. The van der Waals surface area contributed by atoms with Crippen molar-refractivity contribution in [3.63, 3.8) is 0 Å². The van der Waals surface area contributed by atoms with Gasteiger partial charge in [0, 0.05) is 24.4 Å². The molecular formula is C19H18ClF2N3O4. The summed E-state index contributed by atoms with van der Waals surface area (Å²) in [6.07, 6.45) is -0.626. The third kappa shape index (κ3) is 3.39. The first-order chi connectivity index (χ1) is 13.8. The van der Waals surface area contributed by atoms with Gasteiger partial charge in [-0.05, 0) is 13.0 Å². The molecular weight excluding hydrogens is 408 g/mol. The summed E-state index contributed by atoms with van der Waals surface area (Å²) in [7, 11) is 0. The third-order valence-corrected chi connectivity index (χ3v) is 5.55. The molecule has 0 saturated carbocycles. The van der Waals surface area contributed by atoms with Crippen molar-refractivity contribution in [2.75, 3.05) is 13.2 Å². The van der Waals surface area contributed by atoms with E-state index in [0.717, 1.165) is 12.1 Å². The Morgan fingerprint density at radius 3 is 2.90 bits per heavy atom. The maximum atomic E-state index is 13.8. The highest BCUT2D eigenvalue weighted by atomic mass is 35.5. The number of halogens is 3. The van der Waals surface area contributed by atoms with E-state index < -0.39 is 29.9 Å². The largest absolute Gasteiger partial charge is 0.382 e. The van der Waals surface area contributed by atoms with Crippen molar-refractivity contribution in [2.45, 2.75) is 31.8 Å². The standard InChI is InChI=1S/C19H18ClF2N3O4/c1-9-8-29-14-7-24-6-12(17(26)15(20)16(24)19(28)25(9)14)18(27)23-5-10-2-3-11(21)4-13(10)22/h2-4,6,9,14,17,26H,5,7-8H2,1H3,(H,23,27)/t9-,14+,17?/m0/s1. The van der Waals surface area contributed by atoms with E-state index in [0.29, 0.717) is 6.61 Å². The molecule has 29 heavy (non-hydrogen) atoms. The molecule has 0 spiro atoms. The fourth-order valence-electron chi connectivity index (χ4n) is 3.66. The van der Waals surface area contributed by atoms with Crippen LogP contribution in [0.2, 0.25) is 0 Å². The zero-order valence-electron chi connectivity index (χ0n) is 15.4. The molecule has 1 unspecified atom stereocenters. The Hall–Kier alpha value is -2.49. The van der Waals surface area contributed by atoms with E-state index in [1.807, 2.05) is 6.92 Å². The first kappa shape index (κ1) is 19.8. The molecule has 2 N–H and O–H groups in total. The normalized spacial score (nSPS) is 26.3. The number of aliphatic hydroxyl groups is 1. The number of aliphatic hydroxyl groups excluding tert-OH is 1. The van der Waals surface area contributed by atoms with E-state index in [1.165, 1.54) is 17.2 Å². The molecule has 3 aliphatic rings. The van der Waals surface area contributed by atoms with Gasteiger partial charge in [-0.1, -0.05) is 17.7 Å². The van der Waals surface area contributed by atoms with Crippen molar-refractivity contribution in [1.82, 2.24) is 15.1 Å². The number of fused-ring (bicyclic) bond motifs is 2. The monoisotopic (exact) mass is 425 g/mol. The lowest BCUT2D eigenvalue weighted by Crippen LogP contribution is -2.55. The van der Waals surface area contributed by atoms with E-state index in [9.17, 15) is 23.5 Å². The summed E-state index contributed by atoms with van der Waals surface area (Å²) in [5.74, 6) is -2.58. The number of nitrogens with zero attached hydrogens (tertiary/aromatic N) is 2. The van der Waals surface area contributed by atoms with Crippen molar-refractivity contribution in [2.24, 2.45) is 0 Å². The number of carbonyl (C=O) groups is 2. The van der Waals surface area contributed by atoms with Gasteiger partial charge in [-0.3, -0.25) is 9.59 Å².